The van der Waals surface area contributed by atoms with Gasteiger partial charge in [-0.2, -0.15) is 0 Å². The Morgan fingerprint density at radius 1 is 0.923 bits per heavy atom. The molecule has 0 aromatic carbocycles. The molecule has 1 heteroatoms. The number of hydrogen-bond donors (Lipinski definition) is 0. The van der Waals surface area contributed by atoms with E-state index in [0.717, 1.165) is 17.8 Å². The second kappa shape index (κ2) is 4.00. The molecule has 0 aromatic rings. The molecule has 0 aromatic heterocycles. The fourth-order valence-corrected chi connectivity index (χ4v) is 3.50. The Labute approximate surface area is 81.9 Å². The van der Waals surface area contributed by atoms with E-state index in [1.165, 1.54) is 38.5 Å². The number of rotatable bonds is 1. The summed E-state index contributed by atoms with van der Waals surface area (Å²) in [6.45, 7) is 2.44. The second-order valence-corrected chi connectivity index (χ2v) is 4.94. The van der Waals surface area contributed by atoms with Crippen LogP contribution in [0.5, 0.6) is 0 Å². The molecule has 2 aliphatic rings. The molecule has 0 spiro atoms. The van der Waals surface area contributed by atoms with Gasteiger partial charge in [-0.25, -0.2) is 0 Å². The van der Waals surface area contributed by atoms with Gasteiger partial charge in [0.05, 0.1) is 6.10 Å². The van der Waals surface area contributed by atoms with Crippen LogP contribution in [0.25, 0.3) is 0 Å². The monoisotopic (exact) mass is 182 g/mol. The van der Waals surface area contributed by atoms with E-state index in [4.69, 9.17) is 4.74 Å². The first kappa shape index (κ1) is 9.51. The summed E-state index contributed by atoms with van der Waals surface area (Å²) in [7, 11) is 1.90. The van der Waals surface area contributed by atoms with Crippen LogP contribution >= 0.6 is 0 Å². The van der Waals surface area contributed by atoms with Crippen LogP contribution in [0.15, 0.2) is 0 Å². The molecule has 0 bridgehead atoms. The molecule has 1 nitrogen and oxygen atoms in total. The molecule has 0 aliphatic heterocycles. The van der Waals surface area contributed by atoms with Crippen LogP contribution in [0.4, 0.5) is 0 Å². The minimum atomic E-state index is 0.585. The summed E-state index contributed by atoms with van der Waals surface area (Å²) < 4.78 is 5.61. The quantitative estimate of drug-likeness (QED) is 0.605. The van der Waals surface area contributed by atoms with Crippen molar-refractivity contribution in [2.24, 2.45) is 17.8 Å². The third-order valence-corrected chi connectivity index (χ3v) is 4.29. The zero-order valence-corrected chi connectivity index (χ0v) is 8.96. The molecule has 76 valence electrons. The molecule has 13 heavy (non-hydrogen) atoms. The van der Waals surface area contributed by atoms with E-state index in [0.29, 0.717) is 6.10 Å². The smallest absolute Gasteiger partial charge is 0.0602 e. The zero-order valence-electron chi connectivity index (χ0n) is 8.96. The van der Waals surface area contributed by atoms with E-state index in [-0.39, 0.29) is 0 Å². The van der Waals surface area contributed by atoms with Crippen molar-refractivity contribution in [1.82, 2.24) is 0 Å². The van der Waals surface area contributed by atoms with Crippen molar-refractivity contribution in [3.05, 3.63) is 0 Å². The zero-order chi connectivity index (χ0) is 9.26. The van der Waals surface area contributed by atoms with Gasteiger partial charge in [-0.3, -0.25) is 0 Å². The fraction of sp³-hybridized carbons (Fsp3) is 1.00. The van der Waals surface area contributed by atoms with Gasteiger partial charge in [0.25, 0.3) is 0 Å². The first-order valence-electron chi connectivity index (χ1n) is 5.85. The van der Waals surface area contributed by atoms with E-state index >= 15 is 0 Å². The number of ether oxygens (including phenoxy) is 1. The molecule has 2 fully saturated rings. The number of hydrogen-bond acceptors (Lipinski definition) is 1. The third kappa shape index (κ3) is 1.76. The van der Waals surface area contributed by atoms with Crippen LogP contribution < -0.4 is 0 Å². The van der Waals surface area contributed by atoms with Crippen molar-refractivity contribution in [3.63, 3.8) is 0 Å². The van der Waals surface area contributed by atoms with E-state index in [1.807, 2.05) is 7.11 Å². The van der Waals surface area contributed by atoms with E-state index in [1.54, 1.807) is 0 Å². The highest BCUT2D eigenvalue weighted by Crippen LogP contribution is 2.44. The predicted octanol–water partition coefficient (Wildman–Crippen LogP) is 3.24. The Bertz CT molecular complexity index is 167. The van der Waals surface area contributed by atoms with Crippen LogP contribution in [-0.4, -0.2) is 13.2 Å². The number of methoxy groups -OCH3 is 1. The lowest BCUT2D eigenvalue weighted by atomic mass is 9.65. The van der Waals surface area contributed by atoms with Gasteiger partial charge in [0.2, 0.25) is 0 Å². The van der Waals surface area contributed by atoms with Gasteiger partial charge in [0.1, 0.15) is 0 Å². The minimum absolute atomic E-state index is 0.585. The Morgan fingerprint density at radius 3 is 2.31 bits per heavy atom. The van der Waals surface area contributed by atoms with Crippen molar-refractivity contribution in [2.75, 3.05) is 7.11 Å². The highest BCUT2D eigenvalue weighted by molar-refractivity contribution is 4.88. The second-order valence-electron chi connectivity index (χ2n) is 4.94. The van der Waals surface area contributed by atoms with E-state index in [9.17, 15) is 0 Å². The van der Waals surface area contributed by atoms with Gasteiger partial charge in [0, 0.05) is 7.11 Å². The Kier molecular flexibility index (Phi) is 2.92. The molecule has 0 heterocycles. The maximum Gasteiger partial charge on any atom is 0.0602 e. The lowest BCUT2D eigenvalue weighted by Crippen LogP contribution is -2.39. The van der Waals surface area contributed by atoms with Gasteiger partial charge < -0.3 is 4.74 Å². The normalized spacial score (nSPS) is 45.7. The lowest BCUT2D eigenvalue weighted by molar-refractivity contribution is -0.0417. The van der Waals surface area contributed by atoms with Crippen molar-refractivity contribution in [3.8, 4) is 0 Å². The molecule has 0 radical (unpaired) electrons. The standard InChI is InChI=1S/C12H22O/c1-9-7-8-12(13-2)11-6-4-3-5-10(9)11/h9-12H,3-8H2,1-2H3. The third-order valence-electron chi connectivity index (χ3n) is 4.29. The van der Waals surface area contributed by atoms with Crippen LogP contribution in [-0.2, 0) is 4.74 Å². The molecule has 0 N–H and O–H groups in total. The summed E-state index contributed by atoms with van der Waals surface area (Å²) in [4.78, 5) is 0. The lowest BCUT2D eigenvalue weighted by Gasteiger charge is -2.44. The van der Waals surface area contributed by atoms with Crippen LogP contribution in [0.1, 0.15) is 45.4 Å². The SMILES string of the molecule is COC1CCC(C)C2CCCCC12. The van der Waals surface area contributed by atoms with Gasteiger partial charge in [0.15, 0.2) is 0 Å². The minimum Gasteiger partial charge on any atom is -0.381 e. The van der Waals surface area contributed by atoms with Crippen molar-refractivity contribution in [1.29, 1.82) is 0 Å². The molecule has 0 amide bonds. The first-order chi connectivity index (χ1) is 6.33. The van der Waals surface area contributed by atoms with Crippen molar-refractivity contribution >= 4 is 0 Å². The highest BCUT2D eigenvalue weighted by atomic mass is 16.5. The Balaban J connectivity index is 2.05. The summed E-state index contributed by atoms with van der Waals surface area (Å²) >= 11 is 0. The van der Waals surface area contributed by atoms with Crippen molar-refractivity contribution in [2.45, 2.75) is 51.6 Å². The Morgan fingerprint density at radius 2 is 1.62 bits per heavy atom. The van der Waals surface area contributed by atoms with Crippen molar-refractivity contribution < 1.29 is 4.74 Å². The van der Waals surface area contributed by atoms with Crippen LogP contribution in [0.3, 0.4) is 0 Å². The van der Waals surface area contributed by atoms with E-state index in [2.05, 4.69) is 6.92 Å². The van der Waals surface area contributed by atoms with Gasteiger partial charge in [-0.15, -0.1) is 0 Å². The maximum atomic E-state index is 5.61. The first-order valence-corrected chi connectivity index (χ1v) is 5.85. The van der Waals surface area contributed by atoms with Gasteiger partial charge in [-0.05, 0) is 43.4 Å². The predicted molar refractivity (Wildman–Crippen MR) is 54.6 cm³/mol. The molecule has 4 atom stereocenters. The average molecular weight is 182 g/mol. The molecule has 0 saturated heterocycles. The molecule has 4 unspecified atom stereocenters. The molecular weight excluding hydrogens is 160 g/mol. The van der Waals surface area contributed by atoms with Gasteiger partial charge in [-0.1, -0.05) is 19.8 Å². The topological polar surface area (TPSA) is 9.23 Å². The van der Waals surface area contributed by atoms with Crippen LogP contribution in [0, 0.1) is 17.8 Å². The average Bonchev–Trinajstić information content (AvgIpc) is 2.19. The summed E-state index contributed by atoms with van der Waals surface area (Å²) in [6.07, 6.45) is 9.06. The summed E-state index contributed by atoms with van der Waals surface area (Å²) in [5, 5.41) is 0. The van der Waals surface area contributed by atoms with Gasteiger partial charge >= 0.3 is 0 Å². The largest absolute Gasteiger partial charge is 0.381 e. The van der Waals surface area contributed by atoms with E-state index < -0.39 is 0 Å². The summed E-state index contributed by atoms with van der Waals surface area (Å²) in [6, 6.07) is 0. The molecule has 2 rings (SSSR count). The molecule has 2 aliphatic carbocycles. The summed E-state index contributed by atoms with van der Waals surface area (Å²) in [5.41, 5.74) is 0. The van der Waals surface area contributed by atoms with Crippen LogP contribution in [0.2, 0.25) is 0 Å². The molecular formula is C12H22O. The summed E-state index contributed by atoms with van der Waals surface area (Å²) in [5.74, 6) is 2.83. The number of fused-ring (bicyclic) bond motifs is 1. The molecule has 2 saturated carbocycles. The maximum absolute atomic E-state index is 5.61. The Hall–Kier alpha value is -0.0400. The highest BCUT2D eigenvalue weighted by Gasteiger charge is 2.38. The fourth-order valence-electron chi connectivity index (χ4n) is 3.50.